The second-order valence-electron chi connectivity index (χ2n) is 7.03. The van der Waals surface area contributed by atoms with Crippen molar-refractivity contribution in [3.05, 3.63) is 63.8 Å². The van der Waals surface area contributed by atoms with Crippen LogP contribution in [0.15, 0.2) is 48.5 Å². The molecule has 154 valence electrons. The largest absolute Gasteiger partial charge is 0.490 e. The van der Waals surface area contributed by atoms with Crippen LogP contribution in [0.3, 0.4) is 0 Å². The van der Waals surface area contributed by atoms with Gasteiger partial charge in [0.05, 0.1) is 18.3 Å². The Morgan fingerprint density at radius 1 is 1.07 bits per heavy atom. The first-order valence-electron chi connectivity index (χ1n) is 10.1. The molecule has 4 nitrogen and oxygen atoms in total. The topological polar surface area (TPSA) is 59.3 Å². The van der Waals surface area contributed by atoms with Gasteiger partial charge in [-0.1, -0.05) is 49.4 Å². The first-order chi connectivity index (χ1) is 14.5. The SMILES string of the molecule is CCOC(=O)c1sc(CC)c(C#N)c1-c1ccc(-c2ccccc2OC(C)C)cc1. The molecule has 0 saturated heterocycles. The Balaban J connectivity index is 2.07. The van der Waals surface area contributed by atoms with Gasteiger partial charge in [-0.05, 0) is 44.4 Å². The summed E-state index contributed by atoms with van der Waals surface area (Å²) in [4.78, 5) is 13.9. The number of carbonyl (C=O) groups is 1. The van der Waals surface area contributed by atoms with Gasteiger partial charge in [-0.15, -0.1) is 11.3 Å². The lowest BCUT2D eigenvalue weighted by Gasteiger charge is -2.14. The Labute approximate surface area is 181 Å². The number of hydrogen-bond donors (Lipinski definition) is 0. The lowest BCUT2D eigenvalue weighted by Crippen LogP contribution is -2.06. The first kappa shape index (κ1) is 21.6. The summed E-state index contributed by atoms with van der Waals surface area (Å²) in [7, 11) is 0. The number of hydrogen-bond acceptors (Lipinski definition) is 5. The van der Waals surface area contributed by atoms with Crippen LogP contribution in [0.2, 0.25) is 0 Å². The number of benzene rings is 2. The van der Waals surface area contributed by atoms with Crippen molar-refractivity contribution in [2.24, 2.45) is 0 Å². The summed E-state index contributed by atoms with van der Waals surface area (Å²) in [5.74, 6) is 0.447. The summed E-state index contributed by atoms with van der Waals surface area (Å²) in [6.07, 6.45) is 0.770. The number of aryl methyl sites for hydroxylation is 1. The predicted molar refractivity (Wildman–Crippen MR) is 121 cm³/mol. The number of nitriles is 1. The Bertz CT molecular complexity index is 1070. The average molecular weight is 420 g/mol. The maximum atomic E-state index is 12.5. The van der Waals surface area contributed by atoms with E-state index in [2.05, 4.69) is 6.07 Å². The van der Waals surface area contributed by atoms with E-state index in [1.807, 2.05) is 69.3 Å². The molecule has 0 fully saturated rings. The van der Waals surface area contributed by atoms with Gasteiger partial charge in [-0.2, -0.15) is 5.26 Å². The van der Waals surface area contributed by atoms with E-state index in [-0.39, 0.29) is 12.1 Å². The van der Waals surface area contributed by atoms with Gasteiger partial charge in [0, 0.05) is 16.0 Å². The Kier molecular flexibility index (Phi) is 6.91. The number of ether oxygens (including phenoxy) is 2. The van der Waals surface area contributed by atoms with Crippen molar-refractivity contribution in [3.8, 4) is 34.1 Å². The molecular formula is C25H25NO3S. The lowest BCUT2D eigenvalue weighted by atomic mass is 9.97. The lowest BCUT2D eigenvalue weighted by molar-refractivity contribution is 0.0533. The molecule has 0 amide bonds. The summed E-state index contributed by atoms with van der Waals surface area (Å²) in [6.45, 7) is 8.07. The van der Waals surface area contributed by atoms with E-state index in [1.165, 1.54) is 11.3 Å². The van der Waals surface area contributed by atoms with Crippen molar-refractivity contribution in [2.75, 3.05) is 6.61 Å². The minimum Gasteiger partial charge on any atom is -0.490 e. The molecule has 0 aliphatic rings. The molecule has 0 spiro atoms. The molecule has 2 aromatic carbocycles. The maximum Gasteiger partial charge on any atom is 0.348 e. The average Bonchev–Trinajstić information content (AvgIpc) is 3.13. The van der Waals surface area contributed by atoms with Crippen molar-refractivity contribution >= 4 is 17.3 Å². The van der Waals surface area contributed by atoms with Gasteiger partial charge in [-0.3, -0.25) is 0 Å². The van der Waals surface area contributed by atoms with E-state index in [1.54, 1.807) is 6.92 Å². The highest BCUT2D eigenvalue weighted by molar-refractivity contribution is 7.14. The van der Waals surface area contributed by atoms with Gasteiger partial charge in [0.25, 0.3) is 0 Å². The van der Waals surface area contributed by atoms with Crippen molar-refractivity contribution in [1.82, 2.24) is 0 Å². The predicted octanol–water partition coefficient (Wildman–Crippen LogP) is 6.48. The monoisotopic (exact) mass is 419 g/mol. The summed E-state index contributed by atoms with van der Waals surface area (Å²) in [5, 5.41) is 9.76. The molecular weight excluding hydrogens is 394 g/mol. The van der Waals surface area contributed by atoms with Gasteiger partial charge >= 0.3 is 5.97 Å². The van der Waals surface area contributed by atoms with Crippen LogP contribution in [0.1, 0.15) is 47.8 Å². The van der Waals surface area contributed by atoms with Crippen LogP contribution in [0.5, 0.6) is 5.75 Å². The van der Waals surface area contributed by atoms with Crippen LogP contribution in [-0.2, 0) is 11.2 Å². The minimum absolute atomic E-state index is 0.0778. The fourth-order valence-electron chi connectivity index (χ4n) is 3.34. The van der Waals surface area contributed by atoms with Gasteiger partial charge in [0.2, 0.25) is 0 Å². The molecule has 30 heavy (non-hydrogen) atoms. The van der Waals surface area contributed by atoms with Gasteiger partial charge < -0.3 is 9.47 Å². The highest BCUT2D eigenvalue weighted by Gasteiger charge is 2.24. The molecule has 0 radical (unpaired) electrons. The normalized spacial score (nSPS) is 10.7. The molecule has 0 atom stereocenters. The Morgan fingerprint density at radius 2 is 1.73 bits per heavy atom. The molecule has 0 bridgehead atoms. The highest BCUT2D eigenvalue weighted by atomic mass is 32.1. The van der Waals surface area contributed by atoms with E-state index in [4.69, 9.17) is 9.47 Å². The van der Waals surface area contributed by atoms with Crippen LogP contribution >= 0.6 is 11.3 Å². The van der Waals surface area contributed by atoms with Gasteiger partial charge in [-0.25, -0.2) is 4.79 Å². The molecule has 0 saturated carbocycles. The quantitative estimate of drug-likeness (QED) is 0.411. The molecule has 3 rings (SSSR count). The van der Waals surface area contributed by atoms with Gasteiger partial charge in [0.1, 0.15) is 16.7 Å². The van der Waals surface area contributed by atoms with E-state index in [0.717, 1.165) is 27.3 Å². The number of nitrogens with zero attached hydrogens (tertiary/aromatic N) is 1. The smallest absolute Gasteiger partial charge is 0.348 e. The van der Waals surface area contributed by atoms with Crippen molar-refractivity contribution < 1.29 is 14.3 Å². The fourth-order valence-corrected chi connectivity index (χ4v) is 4.44. The van der Waals surface area contributed by atoms with Crippen molar-refractivity contribution in [3.63, 3.8) is 0 Å². The summed E-state index contributed by atoms with van der Waals surface area (Å²) < 4.78 is 11.2. The summed E-state index contributed by atoms with van der Waals surface area (Å²) >= 11 is 1.35. The molecule has 5 heteroatoms. The molecule has 0 aliphatic carbocycles. The third kappa shape index (κ3) is 4.39. The molecule has 0 unspecified atom stereocenters. The van der Waals surface area contributed by atoms with Crippen LogP contribution in [0, 0.1) is 11.3 Å². The minimum atomic E-state index is -0.381. The zero-order chi connectivity index (χ0) is 21.7. The molecule has 3 aromatic rings. The molecule has 1 aromatic heterocycles. The van der Waals surface area contributed by atoms with E-state index >= 15 is 0 Å². The molecule has 1 heterocycles. The van der Waals surface area contributed by atoms with E-state index < -0.39 is 0 Å². The first-order valence-corrected chi connectivity index (χ1v) is 10.9. The zero-order valence-electron chi connectivity index (χ0n) is 17.7. The van der Waals surface area contributed by atoms with Crippen LogP contribution in [-0.4, -0.2) is 18.7 Å². The maximum absolute atomic E-state index is 12.5. The number of thiophene rings is 1. The zero-order valence-corrected chi connectivity index (χ0v) is 18.5. The molecule has 0 aliphatic heterocycles. The van der Waals surface area contributed by atoms with Crippen LogP contribution in [0.25, 0.3) is 22.3 Å². The standard InChI is InChI=1S/C25H25NO3S/c1-5-22-20(15-26)23(24(30-22)25(27)28-6-2)18-13-11-17(12-14-18)19-9-7-8-10-21(19)29-16(3)4/h7-14,16H,5-6H2,1-4H3. The third-order valence-corrected chi connectivity index (χ3v) is 5.92. The van der Waals surface area contributed by atoms with Crippen LogP contribution < -0.4 is 4.74 Å². The third-order valence-electron chi connectivity index (χ3n) is 4.61. The summed E-state index contributed by atoms with van der Waals surface area (Å²) in [5.41, 5.74) is 4.06. The Hall–Kier alpha value is -3.10. The van der Waals surface area contributed by atoms with E-state index in [9.17, 15) is 10.1 Å². The fraction of sp³-hybridized carbons (Fsp3) is 0.280. The highest BCUT2D eigenvalue weighted by Crippen LogP contribution is 2.39. The van der Waals surface area contributed by atoms with E-state index in [0.29, 0.717) is 29.0 Å². The van der Waals surface area contributed by atoms with Crippen molar-refractivity contribution in [1.29, 1.82) is 5.26 Å². The number of para-hydroxylation sites is 1. The second-order valence-corrected chi connectivity index (χ2v) is 8.14. The second kappa shape index (κ2) is 9.60. The summed E-state index contributed by atoms with van der Waals surface area (Å²) in [6, 6.07) is 18.1. The molecule has 0 N–H and O–H groups in total. The van der Waals surface area contributed by atoms with Gasteiger partial charge in [0.15, 0.2) is 0 Å². The number of esters is 1. The van der Waals surface area contributed by atoms with Crippen LogP contribution in [0.4, 0.5) is 0 Å². The Morgan fingerprint density at radius 3 is 2.33 bits per heavy atom. The number of rotatable bonds is 7. The number of carbonyl (C=O) groups excluding carboxylic acids is 1. The van der Waals surface area contributed by atoms with Crippen molar-refractivity contribution in [2.45, 2.75) is 40.2 Å².